The first kappa shape index (κ1) is 26.4. The molecule has 0 radical (unpaired) electrons. The average molecular weight is 595 g/mol. The molecule has 0 N–H and O–H groups in total. The Morgan fingerprint density at radius 1 is 0.413 bits per heavy atom. The molecule has 9 aromatic carbocycles. The van der Waals surface area contributed by atoms with Gasteiger partial charge in [0.15, 0.2) is 11.6 Å². The van der Waals surface area contributed by atoms with Crippen LogP contribution in [0.2, 0.25) is 0 Å². The summed E-state index contributed by atoms with van der Waals surface area (Å²) >= 11 is 0. The molecule has 0 heterocycles. The zero-order valence-electron chi connectivity index (χ0n) is 25.2. The van der Waals surface area contributed by atoms with Crippen LogP contribution in [-0.2, 0) is 0 Å². The first-order chi connectivity index (χ1) is 22.6. The van der Waals surface area contributed by atoms with Gasteiger partial charge in [0.25, 0.3) is 0 Å². The molecule has 0 aliphatic heterocycles. The summed E-state index contributed by atoms with van der Waals surface area (Å²) in [5, 5.41) is 12.3. The topological polar surface area (TPSA) is 52.6 Å². The molecule has 218 valence electrons. The molecule has 0 atom stereocenters. The molecule has 0 aliphatic carbocycles. The van der Waals surface area contributed by atoms with E-state index in [-0.39, 0.29) is 11.6 Å². The summed E-state index contributed by atoms with van der Waals surface area (Å²) < 4.78 is 11.7. The molecule has 4 nitrogen and oxygen atoms in total. The van der Waals surface area contributed by atoms with Crippen molar-refractivity contribution in [3.8, 4) is 11.5 Å². The van der Waals surface area contributed by atoms with Crippen LogP contribution in [0.25, 0.3) is 64.6 Å². The summed E-state index contributed by atoms with van der Waals surface area (Å²) in [6.07, 6.45) is 0. The molecule has 0 aliphatic rings. The number of carbonyl (C=O) groups is 2. The molecule has 0 saturated heterocycles. The fourth-order valence-electron chi connectivity index (χ4n) is 7.51. The lowest BCUT2D eigenvalue weighted by Gasteiger charge is -2.19. The number of benzene rings is 9. The fourth-order valence-corrected chi connectivity index (χ4v) is 7.51. The summed E-state index contributed by atoms with van der Waals surface area (Å²) in [7, 11) is 3.16. The van der Waals surface area contributed by atoms with Crippen molar-refractivity contribution in [1.82, 2.24) is 0 Å². The van der Waals surface area contributed by atoms with Gasteiger partial charge >= 0.3 is 0 Å². The summed E-state index contributed by atoms with van der Waals surface area (Å²) in [5.74, 6) is 0.405. The van der Waals surface area contributed by atoms with Crippen LogP contribution in [0.15, 0.2) is 121 Å². The summed E-state index contributed by atoms with van der Waals surface area (Å²) in [5.41, 5.74) is 1.51. The molecule has 0 spiro atoms. The Morgan fingerprint density at radius 3 is 1.17 bits per heavy atom. The van der Waals surface area contributed by atoms with Gasteiger partial charge in [0.2, 0.25) is 0 Å². The number of rotatable bonds is 6. The third-order valence-corrected chi connectivity index (χ3v) is 9.53. The van der Waals surface area contributed by atoms with Crippen molar-refractivity contribution in [3.63, 3.8) is 0 Å². The number of ether oxygens (including phenoxy) is 2. The quantitative estimate of drug-likeness (QED) is 0.142. The average Bonchev–Trinajstić information content (AvgIpc) is 3.11. The normalized spacial score (nSPS) is 11.9. The van der Waals surface area contributed by atoms with Gasteiger partial charge in [-0.1, -0.05) is 109 Å². The predicted octanol–water partition coefficient (Wildman–Crippen LogP) is 9.96. The maximum Gasteiger partial charge on any atom is 0.198 e. The van der Waals surface area contributed by atoms with Crippen molar-refractivity contribution in [2.45, 2.75) is 0 Å². The smallest absolute Gasteiger partial charge is 0.198 e. The van der Waals surface area contributed by atoms with Crippen molar-refractivity contribution < 1.29 is 19.1 Å². The van der Waals surface area contributed by atoms with Crippen molar-refractivity contribution in [2.24, 2.45) is 0 Å². The first-order valence-corrected chi connectivity index (χ1v) is 15.2. The van der Waals surface area contributed by atoms with E-state index in [4.69, 9.17) is 9.47 Å². The Labute approximate surface area is 264 Å². The molecular formula is C42H26O4. The van der Waals surface area contributed by atoms with Gasteiger partial charge in [-0.3, -0.25) is 9.59 Å². The fraction of sp³-hybridized carbons (Fsp3) is 0.0476. The van der Waals surface area contributed by atoms with Crippen LogP contribution in [-0.4, -0.2) is 25.8 Å². The van der Waals surface area contributed by atoms with Gasteiger partial charge in [-0.05, 0) is 76.8 Å². The van der Waals surface area contributed by atoms with E-state index in [2.05, 4.69) is 48.5 Å². The molecule has 46 heavy (non-hydrogen) atoms. The van der Waals surface area contributed by atoms with Crippen LogP contribution in [0.1, 0.15) is 31.8 Å². The SMILES string of the molecule is COc1cc2ccc3cccc4ccc(c1C(=O)c1ccccc1C(=O)c1c(OC)cc5ccc6cccc7ccc1c5c67)c2c34. The minimum atomic E-state index is -0.268. The lowest BCUT2D eigenvalue weighted by molar-refractivity contribution is 0.100. The Hall–Kier alpha value is -6.00. The highest BCUT2D eigenvalue weighted by molar-refractivity contribution is 6.33. The molecule has 0 aromatic heterocycles. The second kappa shape index (κ2) is 9.75. The van der Waals surface area contributed by atoms with Gasteiger partial charge in [0.05, 0.1) is 25.3 Å². The number of hydrogen-bond donors (Lipinski definition) is 0. The summed E-state index contributed by atoms with van der Waals surface area (Å²) in [6, 6.07) is 39.8. The molecule has 9 aromatic rings. The van der Waals surface area contributed by atoms with Crippen LogP contribution in [0, 0.1) is 0 Å². The van der Waals surface area contributed by atoms with E-state index < -0.39 is 0 Å². The number of methoxy groups -OCH3 is 2. The van der Waals surface area contributed by atoms with Gasteiger partial charge in [-0.15, -0.1) is 0 Å². The molecular weight excluding hydrogens is 568 g/mol. The van der Waals surface area contributed by atoms with Crippen LogP contribution in [0.4, 0.5) is 0 Å². The maximum atomic E-state index is 14.8. The Balaban J connectivity index is 1.28. The minimum Gasteiger partial charge on any atom is -0.496 e. The van der Waals surface area contributed by atoms with Crippen molar-refractivity contribution >= 4 is 76.2 Å². The highest BCUT2D eigenvalue weighted by Gasteiger charge is 2.28. The minimum absolute atomic E-state index is 0.268. The van der Waals surface area contributed by atoms with Crippen molar-refractivity contribution in [1.29, 1.82) is 0 Å². The molecule has 0 unspecified atom stereocenters. The number of carbonyl (C=O) groups excluding carboxylic acids is 2. The maximum absolute atomic E-state index is 14.8. The Morgan fingerprint density at radius 2 is 0.783 bits per heavy atom. The van der Waals surface area contributed by atoms with E-state index in [1.54, 1.807) is 38.5 Å². The van der Waals surface area contributed by atoms with Crippen molar-refractivity contribution in [2.75, 3.05) is 14.2 Å². The Bertz CT molecular complexity index is 2480. The van der Waals surface area contributed by atoms with Gasteiger partial charge in [-0.25, -0.2) is 0 Å². The predicted molar refractivity (Wildman–Crippen MR) is 187 cm³/mol. The van der Waals surface area contributed by atoms with Crippen LogP contribution in [0.5, 0.6) is 11.5 Å². The zero-order chi connectivity index (χ0) is 31.1. The van der Waals surface area contributed by atoms with E-state index in [0.717, 1.165) is 64.6 Å². The van der Waals surface area contributed by atoms with E-state index in [9.17, 15) is 9.59 Å². The van der Waals surface area contributed by atoms with Crippen LogP contribution in [0.3, 0.4) is 0 Å². The number of hydrogen-bond acceptors (Lipinski definition) is 4. The van der Waals surface area contributed by atoms with Gasteiger partial charge in [0, 0.05) is 11.1 Å². The third kappa shape index (κ3) is 3.55. The molecule has 4 heteroatoms. The summed E-state index contributed by atoms with van der Waals surface area (Å²) in [4.78, 5) is 29.5. The standard InChI is InChI=1S/C42H26O4/c1-45-33-21-27-15-13-23-7-5-9-25-17-19-31(37(27)35(23)25)39(33)41(43)29-11-3-4-12-30(29)42(44)40-32-20-18-26-10-6-8-24-14-16-28(22-34(40)46-2)38(32)36(24)26/h3-22H,1-2H3. The van der Waals surface area contributed by atoms with E-state index >= 15 is 0 Å². The van der Waals surface area contributed by atoms with E-state index in [1.165, 1.54) is 0 Å². The Kier molecular flexibility index (Phi) is 5.60. The van der Waals surface area contributed by atoms with Gasteiger partial charge in [0.1, 0.15) is 11.5 Å². The largest absolute Gasteiger partial charge is 0.496 e. The van der Waals surface area contributed by atoms with E-state index in [0.29, 0.717) is 33.8 Å². The second-order valence-corrected chi connectivity index (χ2v) is 11.8. The molecule has 0 fully saturated rings. The lowest BCUT2D eigenvalue weighted by Crippen LogP contribution is -2.14. The zero-order valence-corrected chi connectivity index (χ0v) is 25.2. The molecule has 0 amide bonds. The molecule has 0 bridgehead atoms. The number of ketones is 2. The lowest BCUT2D eigenvalue weighted by atomic mass is 9.85. The monoisotopic (exact) mass is 594 g/mol. The highest BCUT2D eigenvalue weighted by atomic mass is 16.5. The van der Waals surface area contributed by atoms with E-state index in [1.807, 2.05) is 48.5 Å². The van der Waals surface area contributed by atoms with Crippen LogP contribution < -0.4 is 9.47 Å². The molecule has 0 saturated carbocycles. The summed E-state index contributed by atoms with van der Waals surface area (Å²) in [6.45, 7) is 0. The first-order valence-electron chi connectivity index (χ1n) is 15.2. The third-order valence-electron chi connectivity index (χ3n) is 9.53. The molecule has 9 rings (SSSR count). The van der Waals surface area contributed by atoms with Crippen LogP contribution >= 0.6 is 0 Å². The van der Waals surface area contributed by atoms with Crippen molar-refractivity contribution in [3.05, 3.63) is 144 Å². The second-order valence-electron chi connectivity index (χ2n) is 11.8. The van der Waals surface area contributed by atoms with Gasteiger partial charge < -0.3 is 9.47 Å². The highest BCUT2D eigenvalue weighted by Crippen LogP contribution is 2.43. The van der Waals surface area contributed by atoms with Gasteiger partial charge in [-0.2, -0.15) is 0 Å².